The molecule has 0 unspecified atom stereocenters. The Bertz CT molecular complexity index is 711. The molecule has 0 atom stereocenters. The van der Waals surface area contributed by atoms with Gasteiger partial charge in [-0.05, 0) is 55.9 Å². The first kappa shape index (κ1) is 19.7. The van der Waals surface area contributed by atoms with Crippen LogP contribution in [0.25, 0.3) is 0 Å². The predicted octanol–water partition coefficient (Wildman–Crippen LogP) is 1.94. The number of anilines is 1. The number of urea groups is 1. The average molecular weight is 369 g/mol. The fraction of sp³-hybridized carbons (Fsp3) is 0.588. The molecule has 1 aliphatic rings. The Labute approximate surface area is 150 Å². The highest BCUT2D eigenvalue weighted by molar-refractivity contribution is 7.86. The standard InChI is InChI=1S/C17H28N4O3S/c1-13-5-6-16(11-14(13)2)19-17(22)18-12-15-7-9-21(10-8-15)25(23,24)20(3)4/h5-6,11,15H,7-10,12H2,1-4H3,(H2,18,19,22). The van der Waals surface area contributed by atoms with Gasteiger partial charge in [0.1, 0.15) is 0 Å². The van der Waals surface area contributed by atoms with Crippen LogP contribution in [0, 0.1) is 19.8 Å². The molecule has 1 heterocycles. The molecule has 1 saturated heterocycles. The van der Waals surface area contributed by atoms with E-state index in [-0.39, 0.29) is 6.03 Å². The maximum atomic E-state index is 12.1. The second-order valence-electron chi connectivity index (χ2n) is 6.77. The van der Waals surface area contributed by atoms with Crippen molar-refractivity contribution in [3.63, 3.8) is 0 Å². The summed E-state index contributed by atoms with van der Waals surface area (Å²) in [4.78, 5) is 12.0. The predicted molar refractivity (Wildman–Crippen MR) is 99.8 cm³/mol. The van der Waals surface area contributed by atoms with Crippen LogP contribution in [0.2, 0.25) is 0 Å². The Morgan fingerprint density at radius 2 is 1.84 bits per heavy atom. The van der Waals surface area contributed by atoms with E-state index in [2.05, 4.69) is 10.6 Å². The van der Waals surface area contributed by atoms with Crippen molar-refractivity contribution >= 4 is 21.9 Å². The molecule has 25 heavy (non-hydrogen) atoms. The van der Waals surface area contributed by atoms with Gasteiger partial charge in [-0.2, -0.15) is 17.0 Å². The van der Waals surface area contributed by atoms with Crippen molar-refractivity contribution in [1.29, 1.82) is 0 Å². The molecule has 0 bridgehead atoms. The lowest BCUT2D eigenvalue weighted by Crippen LogP contribution is -2.46. The van der Waals surface area contributed by atoms with Crippen LogP contribution in [0.3, 0.4) is 0 Å². The second kappa shape index (κ2) is 8.16. The van der Waals surface area contributed by atoms with E-state index >= 15 is 0 Å². The monoisotopic (exact) mass is 368 g/mol. The van der Waals surface area contributed by atoms with Gasteiger partial charge in [0.25, 0.3) is 10.2 Å². The zero-order valence-corrected chi connectivity index (χ0v) is 16.2. The van der Waals surface area contributed by atoms with Crippen molar-refractivity contribution in [2.75, 3.05) is 39.0 Å². The number of aryl methyl sites for hydroxylation is 2. The first-order chi connectivity index (χ1) is 11.7. The quantitative estimate of drug-likeness (QED) is 0.833. The van der Waals surface area contributed by atoms with Gasteiger partial charge >= 0.3 is 6.03 Å². The lowest BCUT2D eigenvalue weighted by atomic mass is 9.98. The summed E-state index contributed by atoms with van der Waals surface area (Å²) in [6.07, 6.45) is 1.49. The summed E-state index contributed by atoms with van der Waals surface area (Å²) in [7, 11) is -0.252. The Balaban J connectivity index is 1.77. The van der Waals surface area contributed by atoms with Crippen LogP contribution >= 0.6 is 0 Å². The number of rotatable bonds is 5. The molecule has 2 amide bonds. The fourth-order valence-electron chi connectivity index (χ4n) is 2.81. The molecular formula is C17H28N4O3S. The summed E-state index contributed by atoms with van der Waals surface area (Å²) in [6.45, 7) is 5.57. The van der Waals surface area contributed by atoms with Gasteiger partial charge in [0, 0.05) is 39.4 Å². The molecule has 1 aliphatic heterocycles. The number of amides is 2. The third-order valence-corrected chi connectivity index (χ3v) is 6.62. The number of nitrogens with one attached hydrogen (secondary N) is 2. The summed E-state index contributed by atoms with van der Waals surface area (Å²) >= 11 is 0. The minimum absolute atomic E-state index is 0.230. The van der Waals surface area contributed by atoms with E-state index in [0.717, 1.165) is 24.1 Å². The number of benzene rings is 1. The van der Waals surface area contributed by atoms with E-state index in [1.54, 1.807) is 14.1 Å². The molecule has 0 spiro atoms. The normalized spacial score (nSPS) is 16.8. The topological polar surface area (TPSA) is 81.8 Å². The summed E-state index contributed by atoms with van der Waals surface area (Å²) in [5, 5.41) is 5.72. The number of hydrogen-bond donors (Lipinski definition) is 2. The number of nitrogens with zero attached hydrogens (tertiary/aromatic N) is 2. The van der Waals surface area contributed by atoms with Gasteiger partial charge in [-0.3, -0.25) is 0 Å². The van der Waals surface area contributed by atoms with Gasteiger partial charge in [0.05, 0.1) is 0 Å². The lowest BCUT2D eigenvalue weighted by Gasteiger charge is -2.32. The Morgan fingerprint density at radius 3 is 2.40 bits per heavy atom. The van der Waals surface area contributed by atoms with E-state index < -0.39 is 10.2 Å². The Hall–Kier alpha value is -1.64. The zero-order valence-electron chi connectivity index (χ0n) is 15.4. The largest absolute Gasteiger partial charge is 0.338 e. The van der Waals surface area contributed by atoms with Crippen LogP contribution in [0.15, 0.2) is 18.2 Å². The maximum absolute atomic E-state index is 12.1. The molecule has 0 aliphatic carbocycles. The van der Waals surface area contributed by atoms with Gasteiger partial charge in [-0.1, -0.05) is 6.07 Å². The highest BCUT2D eigenvalue weighted by Crippen LogP contribution is 2.20. The van der Waals surface area contributed by atoms with Crippen molar-refractivity contribution in [1.82, 2.24) is 13.9 Å². The van der Waals surface area contributed by atoms with E-state index in [1.807, 2.05) is 32.0 Å². The van der Waals surface area contributed by atoms with Gasteiger partial charge < -0.3 is 10.6 Å². The number of carbonyl (C=O) groups is 1. The number of carbonyl (C=O) groups excluding carboxylic acids is 1. The fourth-order valence-corrected chi connectivity index (χ4v) is 3.94. The minimum Gasteiger partial charge on any atom is -0.338 e. The first-order valence-electron chi connectivity index (χ1n) is 8.50. The molecule has 0 aromatic heterocycles. The van der Waals surface area contributed by atoms with Crippen molar-refractivity contribution in [3.8, 4) is 0 Å². The molecule has 140 valence electrons. The van der Waals surface area contributed by atoms with E-state index in [9.17, 15) is 13.2 Å². The second-order valence-corrected chi connectivity index (χ2v) is 8.91. The molecule has 0 saturated carbocycles. The van der Waals surface area contributed by atoms with Gasteiger partial charge in [-0.15, -0.1) is 0 Å². The molecule has 0 radical (unpaired) electrons. The van der Waals surface area contributed by atoms with Crippen molar-refractivity contribution in [2.24, 2.45) is 5.92 Å². The number of piperidine rings is 1. The molecule has 8 heteroatoms. The van der Waals surface area contributed by atoms with Crippen LogP contribution < -0.4 is 10.6 Å². The van der Waals surface area contributed by atoms with Crippen LogP contribution in [0.4, 0.5) is 10.5 Å². The third-order valence-electron chi connectivity index (χ3n) is 4.68. The van der Waals surface area contributed by atoms with Crippen LogP contribution in [-0.4, -0.2) is 56.8 Å². The van der Waals surface area contributed by atoms with Gasteiger partial charge in [-0.25, -0.2) is 4.79 Å². The van der Waals surface area contributed by atoms with Crippen LogP contribution in [0.5, 0.6) is 0 Å². The Morgan fingerprint density at radius 1 is 1.20 bits per heavy atom. The molecule has 1 fully saturated rings. The molecule has 2 N–H and O–H groups in total. The number of hydrogen-bond acceptors (Lipinski definition) is 3. The smallest absolute Gasteiger partial charge is 0.319 e. The van der Waals surface area contributed by atoms with Gasteiger partial charge in [0.2, 0.25) is 0 Å². The molecule has 2 rings (SSSR count). The summed E-state index contributed by atoms with van der Waals surface area (Å²) in [5.41, 5.74) is 3.09. The first-order valence-corrected chi connectivity index (χ1v) is 9.89. The lowest BCUT2D eigenvalue weighted by molar-refractivity contribution is 0.238. The van der Waals surface area contributed by atoms with Crippen molar-refractivity contribution < 1.29 is 13.2 Å². The maximum Gasteiger partial charge on any atom is 0.319 e. The van der Waals surface area contributed by atoms with E-state index in [1.165, 1.54) is 14.2 Å². The Kier molecular flexibility index (Phi) is 6.42. The molecule has 1 aromatic carbocycles. The van der Waals surface area contributed by atoms with Gasteiger partial charge in [0.15, 0.2) is 0 Å². The molecule has 7 nitrogen and oxygen atoms in total. The zero-order chi connectivity index (χ0) is 18.6. The van der Waals surface area contributed by atoms with E-state index in [0.29, 0.717) is 25.6 Å². The SMILES string of the molecule is Cc1ccc(NC(=O)NCC2CCN(S(=O)(=O)N(C)C)CC2)cc1C. The van der Waals surface area contributed by atoms with E-state index in [4.69, 9.17) is 0 Å². The average Bonchev–Trinajstić information content (AvgIpc) is 2.56. The third kappa shape index (κ3) is 5.17. The highest BCUT2D eigenvalue weighted by Gasteiger charge is 2.29. The summed E-state index contributed by atoms with van der Waals surface area (Å²) < 4.78 is 26.9. The molecular weight excluding hydrogens is 340 g/mol. The molecule has 1 aromatic rings. The summed E-state index contributed by atoms with van der Waals surface area (Å²) in [5.74, 6) is 0.291. The summed E-state index contributed by atoms with van der Waals surface area (Å²) in [6, 6.07) is 5.57. The van der Waals surface area contributed by atoms with Crippen LogP contribution in [0.1, 0.15) is 24.0 Å². The minimum atomic E-state index is -3.34. The van der Waals surface area contributed by atoms with Crippen LogP contribution in [-0.2, 0) is 10.2 Å². The highest BCUT2D eigenvalue weighted by atomic mass is 32.2. The van der Waals surface area contributed by atoms with Crippen molar-refractivity contribution in [3.05, 3.63) is 29.3 Å². The van der Waals surface area contributed by atoms with Crippen molar-refractivity contribution in [2.45, 2.75) is 26.7 Å².